The van der Waals surface area contributed by atoms with E-state index < -0.39 is 0 Å². The number of carbonyl (C=O) groups excluding carboxylic acids is 2. The van der Waals surface area contributed by atoms with Crippen LogP contribution in [0, 0.1) is 0 Å². The normalized spacial score (nSPS) is 15.0. The number of benzene rings is 1. The van der Waals surface area contributed by atoms with Crippen molar-refractivity contribution in [3.63, 3.8) is 0 Å². The topological polar surface area (TPSA) is 81.1 Å². The van der Waals surface area contributed by atoms with Gasteiger partial charge in [-0.05, 0) is 18.6 Å². The zero-order chi connectivity index (χ0) is 16.1. The van der Waals surface area contributed by atoms with Gasteiger partial charge in [0.25, 0.3) is 5.91 Å². The molecular formula is C15H19ClN2O4. The lowest BCUT2D eigenvalue weighted by atomic mass is 10.1. The van der Waals surface area contributed by atoms with Gasteiger partial charge in [-0.15, -0.1) is 11.6 Å². The lowest BCUT2D eigenvalue weighted by Gasteiger charge is -2.35. The summed E-state index contributed by atoms with van der Waals surface area (Å²) in [4.78, 5) is 27.6. The first kappa shape index (κ1) is 16.4. The van der Waals surface area contributed by atoms with Gasteiger partial charge in [0.1, 0.15) is 11.5 Å². The van der Waals surface area contributed by atoms with Crippen LogP contribution in [0.2, 0.25) is 0 Å². The molecule has 0 saturated carbocycles. The Kier molecular flexibility index (Phi) is 5.49. The SMILES string of the molecule is O=C(CCCCl)N1CCN(C(=O)c2cc(O)cc(O)c2)CC1. The average molecular weight is 327 g/mol. The fourth-order valence-electron chi connectivity index (χ4n) is 2.44. The minimum atomic E-state index is -0.265. The second-order valence-corrected chi connectivity index (χ2v) is 5.58. The number of halogens is 1. The van der Waals surface area contributed by atoms with Crippen molar-refractivity contribution >= 4 is 23.4 Å². The van der Waals surface area contributed by atoms with Crippen molar-refractivity contribution < 1.29 is 19.8 Å². The van der Waals surface area contributed by atoms with Crippen LogP contribution in [-0.4, -0.2) is 63.9 Å². The number of aromatic hydroxyl groups is 2. The van der Waals surface area contributed by atoms with E-state index in [9.17, 15) is 19.8 Å². The van der Waals surface area contributed by atoms with Crippen molar-refractivity contribution in [3.05, 3.63) is 23.8 Å². The molecule has 1 aromatic carbocycles. The molecule has 120 valence electrons. The van der Waals surface area contributed by atoms with Crippen LogP contribution in [0.5, 0.6) is 11.5 Å². The van der Waals surface area contributed by atoms with E-state index in [1.807, 2.05) is 0 Å². The summed E-state index contributed by atoms with van der Waals surface area (Å²) in [6, 6.07) is 3.81. The highest BCUT2D eigenvalue weighted by Gasteiger charge is 2.25. The molecule has 1 saturated heterocycles. The molecule has 6 nitrogen and oxygen atoms in total. The number of alkyl halides is 1. The summed E-state index contributed by atoms with van der Waals surface area (Å²) >= 11 is 5.58. The van der Waals surface area contributed by atoms with Gasteiger partial charge in [0, 0.05) is 50.1 Å². The van der Waals surface area contributed by atoms with Crippen molar-refractivity contribution in [2.24, 2.45) is 0 Å². The van der Waals surface area contributed by atoms with Gasteiger partial charge in [-0.2, -0.15) is 0 Å². The Morgan fingerprint density at radius 1 is 1.00 bits per heavy atom. The van der Waals surface area contributed by atoms with E-state index in [0.717, 1.165) is 0 Å². The lowest BCUT2D eigenvalue weighted by molar-refractivity contribution is -0.132. The van der Waals surface area contributed by atoms with Gasteiger partial charge in [-0.3, -0.25) is 9.59 Å². The van der Waals surface area contributed by atoms with Crippen molar-refractivity contribution in [1.82, 2.24) is 9.80 Å². The average Bonchev–Trinajstić information content (AvgIpc) is 2.51. The van der Waals surface area contributed by atoms with Crippen molar-refractivity contribution in [1.29, 1.82) is 0 Å². The predicted molar refractivity (Wildman–Crippen MR) is 82.2 cm³/mol. The van der Waals surface area contributed by atoms with Gasteiger partial charge in [-0.1, -0.05) is 0 Å². The second kappa shape index (κ2) is 7.35. The molecule has 0 aliphatic carbocycles. The third-order valence-electron chi connectivity index (χ3n) is 3.59. The maximum atomic E-state index is 12.3. The first-order chi connectivity index (χ1) is 10.5. The third kappa shape index (κ3) is 4.04. The minimum absolute atomic E-state index is 0.0581. The zero-order valence-electron chi connectivity index (χ0n) is 12.2. The summed E-state index contributed by atoms with van der Waals surface area (Å²) in [7, 11) is 0. The van der Waals surface area contributed by atoms with Crippen LogP contribution in [-0.2, 0) is 4.79 Å². The van der Waals surface area contributed by atoms with E-state index in [2.05, 4.69) is 0 Å². The van der Waals surface area contributed by atoms with E-state index in [4.69, 9.17) is 11.6 Å². The molecule has 1 aliphatic rings. The fourth-order valence-corrected chi connectivity index (χ4v) is 2.57. The zero-order valence-corrected chi connectivity index (χ0v) is 12.9. The number of phenolic OH excluding ortho intramolecular Hbond substituents is 2. The summed E-state index contributed by atoms with van der Waals surface area (Å²) in [6.07, 6.45) is 1.08. The molecule has 1 heterocycles. The Balaban J connectivity index is 1.93. The minimum Gasteiger partial charge on any atom is -0.508 e. The van der Waals surface area contributed by atoms with Crippen LogP contribution in [0.3, 0.4) is 0 Å². The Hall–Kier alpha value is -1.95. The van der Waals surface area contributed by atoms with E-state index in [-0.39, 0.29) is 28.9 Å². The molecular weight excluding hydrogens is 308 g/mol. The molecule has 7 heteroatoms. The molecule has 22 heavy (non-hydrogen) atoms. The van der Waals surface area contributed by atoms with Gasteiger partial charge in [0.15, 0.2) is 0 Å². The molecule has 1 aliphatic heterocycles. The van der Waals surface area contributed by atoms with Gasteiger partial charge >= 0.3 is 0 Å². The number of hydrogen-bond acceptors (Lipinski definition) is 4. The number of amides is 2. The highest BCUT2D eigenvalue weighted by molar-refractivity contribution is 6.17. The van der Waals surface area contributed by atoms with Gasteiger partial charge < -0.3 is 20.0 Å². The Morgan fingerprint density at radius 2 is 1.55 bits per heavy atom. The van der Waals surface area contributed by atoms with Crippen molar-refractivity contribution in [3.8, 4) is 11.5 Å². The Morgan fingerprint density at radius 3 is 2.09 bits per heavy atom. The second-order valence-electron chi connectivity index (χ2n) is 5.20. The van der Waals surface area contributed by atoms with E-state index in [1.165, 1.54) is 18.2 Å². The standard InChI is InChI=1S/C15H19ClN2O4/c16-3-1-2-14(21)17-4-6-18(7-5-17)15(22)11-8-12(19)10-13(20)9-11/h8-10,19-20H,1-7H2. The summed E-state index contributed by atoms with van der Waals surface area (Å²) < 4.78 is 0. The molecule has 1 fully saturated rings. The van der Waals surface area contributed by atoms with Gasteiger partial charge in [-0.25, -0.2) is 0 Å². The number of carbonyl (C=O) groups is 2. The predicted octanol–water partition coefficient (Wildman–Crippen LogP) is 1.40. The number of nitrogens with zero attached hydrogens (tertiary/aromatic N) is 2. The molecule has 0 unspecified atom stereocenters. The monoisotopic (exact) mass is 326 g/mol. The fraction of sp³-hybridized carbons (Fsp3) is 0.467. The number of phenols is 2. The van der Waals surface area contributed by atoms with E-state index in [1.54, 1.807) is 9.80 Å². The summed E-state index contributed by atoms with van der Waals surface area (Å²) in [6.45, 7) is 1.83. The molecule has 0 atom stereocenters. The summed E-state index contributed by atoms with van der Waals surface area (Å²) in [5.74, 6) is -0.0520. The lowest BCUT2D eigenvalue weighted by Crippen LogP contribution is -2.50. The van der Waals surface area contributed by atoms with Crippen molar-refractivity contribution in [2.75, 3.05) is 32.1 Å². The van der Waals surface area contributed by atoms with Gasteiger partial charge in [0.2, 0.25) is 5.91 Å². The molecule has 2 N–H and O–H groups in total. The van der Waals surface area contributed by atoms with E-state index >= 15 is 0 Å². The summed E-state index contributed by atoms with van der Waals surface area (Å²) in [5, 5.41) is 18.9. The molecule has 0 aromatic heterocycles. The smallest absolute Gasteiger partial charge is 0.254 e. The number of hydrogen-bond donors (Lipinski definition) is 2. The molecule has 2 amide bonds. The maximum absolute atomic E-state index is 12.3. The third-order valence-corrected chi connectivity index (χ3v) is 3.86. The molecule has 2 rings (SSSR count). The first-order valence-electron chi connectivity index (χ1n) is 7.17. The van der Waals surface area contributed by atoms with E-state index in [0.29, 0.717) is 44.9 Å². The van der Waals surface area contributed by atoms with Crippen LogP contribution in [0.4, 0.5) is 0 Å². The highest BCUT2D eigenvalue weighted by Crippen LogP contribution is 2.22. The van der Waals surface area contributed by atoms with Crippen molar-refractivity contribution in [2.45, 2.75) is 12.8 Å². The van der Waals surface area contributed by atoms with Crippen LogP contribution in [0.15, 0.2) is 18.2 Å². The largest absolute Gasteiger partial charge is 0.508 e. The molecule has 1 aromatic rings. The van der Waals surface area contributed by atoms with Crippen LogP contribution >= 0.6 is 11.6 Å². The number of rotatable bonds is 4. The Bertz CT molecular complexity index is 536. The quantitative estimate of drug-likeness (QED) is 0.820. The summed E-state index contributed by atoms with van der Waals surface area (Å²) in [5.41, 5.74) is 0.236. The number of piperazine rings is 1. The van der Waals surface area contributed by atoms with Crippen LogP contribution in [0.25, 0.3) is 0 Å². The van der Waals surface area contributed by atoms with Gasteiger partial charge in [0.05, 0.1) is 0 Å². The first-order valence-corrected chi connectivity index (χ1v) is 7.70. The van der Waals surface area contributed by atoms with Crippen LogP contribution in [0.1, 0.15) is 23.2 Å². The maximum Gasteiger partial charge on any atom is 0.254 e. The molecule has 0 radical (unpaired) electrons. The molecule has 0 bridgehead atoms. The molecule has 0 spiro atoms. The highest BCUT2D eigenvalue weighted by atomic mass is 35.5. The van der Waals surface area contributed by atoms with Crippen LogP contribution < -0.4 is 0 Å². The Labute approximate surface area is 133 Å².